The smallest absolute Gasteiger partial charge is 0.271 e. The van der Waals surface area contributed by atoms with Gasteiger partial charge in [-0.3, -0.25) is 4.79 Å². The molecule has 0 unspecified atom stereocenters. The van der Waals surface area contributed by atoms with E-state index in [1.54, 1.807) is 6.20 Å². The summed E-state index contributed by atoms with van der Waals surface area (Å²) in [5, 5.41) is 6.08. The molecule has 0 aliphatic carbocycles. The third kappa shape index (κ3) is 5.16. The topological polar surface area (TPSA) is 66.9 Å². The first-order valence-corrected chi connectivity index (χ1v) is 9.34. The molecule has 144 valence electrons. The summed E-state index contributed by atoms with van der Waals surface area (Å²) in [6.45, 7) is 9.04. The summed E-state index contributed by atoms with van der Waals surface area (Å²) in [4.78, 5) is 20.8. The van der Waals surface area contributed by atoms with Gasteiger partial charge < -0.3 is 10.6 Å². The summed E-state index contributed by atoms with van der Waals surface area (Å²) >= 11 is 0. The number of aryl methyl sites for hydroxylation is 1. The molecule has 28 heavy (non-hydrogen) atoms. The van der Waals surface area contributed by atoms with E-state index >= 15 is 0 Å². The number of nitrogens with zero attached hydrogens (tertiary/aromatic N) is 2. The van der Waals surface area contributed by atoms with Crippen molar-refractivity contribution in [1.82, 2.24) is 15.3 Å². The van der Waals surface area contributed by atoms with Crippen molar-refractivity contribution >= 4 is 17.4 Å². The molecule has 3 rings (SSSR count). The fraction of sp³-hybridized carbons (Fsp3) is 0.261. The van der Waals surface area contributed by atoms with Gasteiger partial charge in [0.1, 0.15) is 11.5 Å². The summed E-state index contributed by atoms with van der Waals surface area (Å²) in [5.74, 6) is 0.355. The van der Waals surface area contributed by atoms with Crippen LogP contribution in [0.1, 0.15) is 48.0 Å². The molecule has 0 spiro atoms. The summed E-state index contributed by atoms with van der Waals surface area (Å²) in [6, 6.07) is 16.3. The number of hydrogen-bond donors (Lipinski definition) is 2. The molecular formula is C23H26N4O. The lowest BCUT2D eigenvalue weighted by atomic mass is 9.87. The molecule has 0 aliphatic heterocycles. The van der Waals surface area contributed by atoms with Crippen molar-refractivity contribution in [3.8, 4) is 0 Å². The highest BCUT2D eigenvalue weighted by Gasteiger charge is 2.13. The Labute approximate surface area is 166 Å². The third-order valence-electron chi connectivity index (χ3n) is 4.44. The predicted octanol–water partition coefficient (Wildman–Crippen LogP) is 4.76. The first-order valence-electron chi connectivity index (χ1n) is 9.34. The van der Waals surface area contributed by atoms with E-state index in [9.17, 15) is 4.79 Å². The van der Waals surface area contributed by atoms with E-state index in [1.165, 1.54) is 11.8 Å². The van der Waals surface area contributed by atoms with Crippen LogP contribution in [0.3, 0.4) is 0 Å². The van der Waals surface area contributed by atoms with Gasteiger partial charge in [0.05, 0.1) is 12.4 Å². The molecule has 3 aromatic rings. The maximum absolute atomic E-state index is 12.3. The van der Waals surface area contributed by atoms with Crippen LogP contribution in [0.15, 0.2) is 60.9 Å². The number of nitrogens with one attached hydrogen (secondary N) is 2. The molecule has 0 saturated heterocycles. The molecule has 1 amide bonds. The third-order valence-corrected chi connectivity index (χ3v) is 4.44. The summed E-state index contributed by atoms with van der Waals surface area (Å²) < 4.78 is 0. The van der Waals surface area contributed by atoms with Crippen molar-refractivity contribution in [2.45, 2.75) is 39.7 Å². The lowest BCUT2D eigenvalue weighted by Crippen LogP contribution is -2.24. The molecule has 2 aromatic carbocycles. The van der Waals surface area contributed by atoms with E-state index in [1.807, 2.05) is 43.3 Å². The van der Waals surface area contributed by atoms with E-state index in [0.29, 0.717) is 18.1 Å². The standard InChI is InChI=1S/C23H26N4O/c1-16-6-5-7-17(12-16)13-26-22(28)20-14-25-21(15-24-20)27-19-10-8-18(9-11-19)23(2,3)4/h5-12,14-15H,13H2,1-4H3,(H,25,27)(H,26,28). The van der Waals surface area contributed by atoms with E-state index in [2.05, 4.69) is 53.5 Å². The van der Waals surface area contributed by atoms with Gasteiger partial charge in [0.2, 0.25) is 0 Å². The molecule has 0 radical (unpaired) electrons. The Morgan fingerprint density at radius 3 is 2.36 bits per heavy atom. The molecule has 5 heteroatoms. The summed E-state index contributed by atoms with van der Waals surface area (Å²) in [5.41, 5.74) is 4.83. The first kappa shape index (κ1) is 19.5. The van der Waals surface area contributed by atoms with Gasteiger partial charge in [-0.05, 0) is 35.6 Å². The number of rotatable bonds is 5. The highest BCUT2D eigenvalue weighted by atomic mass is 16.1. The van der Waals surface area contributed by atoms with Crippen molar-refractivity contribution in [2.75, 3.05) is 5.32 Å². The number of hydrogen-bond acceptors (Lipinski definition) is 4. The average Bonchev–Trinajstić information content (AvgIpc) is 2.66. The van der Waals surface area contributed by atoms with E-state index in [0.717, 1.165) is 16.8 Å². The van der Waals surface area contributed by atoms with Crippen LogP contribution < -0.4 is 10.6 Å². The Bertz CT molecular complexity index is 942. The van der Waals surface area contributed by atoms with Crippen molar-refractivity contribution < 1.29 is 4.79 Å². The van der Waals surface area contributed by atoms with Crippen LogP contribution in [0.5, 0.6) is 0 Å². The van der Waals surface area contributed by atoms with Gasteiger partial charge in [0, 0.05) is 12.2 Å². The summed E-state index contributed by atoms with van der Waals surface area (Å²) in [7, 11) is 0. The van der Waals surface area contributed by atoms with Crippen LogP contribution in [-0.4, -0.2) is 15.9 Å². The molecular weight excluding hydrogens is 348 g/mol. The fourth-order valence-electron chi connectivity index (χ4n) is 2.81. The van der Waals surface area contributed by atoms with Crippen molar-refractivity contribution in [3.63, 3.8) is 0 Å². The second kappa shape index (κ2) is 8.21. The number of benzene rings is 2. The SMILES string of the molecule is Cc1cccc(CNC(=O)c2cnc(Nc3ccc(C(C)(C)C)cc3)cn2)c1. The van der Waals surface area contributed by atoms with Crippen LogP contribution in [0.4, 0.5) is 11.5 Å². The van der Waals surface area contributed by atoms with E-state index < -0.39 is 0 Å². The molecule has 1 heterocycles. The second-order valence-electron chi connectivity index (χ2n) is 7.91. The first-order chi connectivity index (χ1) is 13.3. The number of anilines is 2. The van der Waals surface area contributed by atoms with E-state index in [4.69, 9.17) is 0 Å². The van der Waals surface area contributed by atoms with Crippen LogP contribution >= 0.6 is 0 Å². The van der Waals surface area contributed by atoms with Crippen molar-refractivity contribution in [1.29, 1.82) is 0 Å². The highest BCUT2D eigenvalue weighted by molar-refractivity contribution is 5.92. The average molecular weight is 374 g/mol. The van der Waals surface area contributed by atoms with Gasteiger partial charge in [-0.2, -0.15) is 0 Å². The maximum Gasteiger partial charge on any atom is 0.271 e. The minimum absolute atomic E-state index is 0.117. The number of carbonyl (C=O) groups excluding carboxylic acids is 1. The Hall–Kier alpha value is -3.21. The van der Waals surface area contributed by atoms with Crippen LogP contribution in [-0.2, 0) is 12.0 Å². The molecule has 0 bridgehead atoms. The van der Waals surface area contributed by atoms with Crippen molar-refractivity contribution in [3.05, 3.63) is 83.3 Å². The highest BCUT2D eigenvalue weighted by Crippen LogP contribution is 2.24. The van der Waals surface area contributed by atoms with Crippen LogP contribution in [0.2, 0.25) is 0 Å². The fourth-order valence-corrected chi connectivity index (χ4v) is 2.81. The molecule has 0 fully saturated rings. The van der Waals surface area contributed by atoms with E-state index in [-0.39, 0.29) is 11.3 Å². The number of aromatic nitrogens is 2. The Kier molecular flexibility index (Phi) is 5.73. The largest absolute Gasteiger partial charge is 0.347 e. The quantitative estimate of drug-likeness (QED) is 0.676. The van der Waals surface area contributed by atoms with Gasteiger partial charge in [-0.1, -0.05) is 62.7 Å². The zero-order valence-corrected chi connectivity index (χ0v) is 16.8. The molecule has 0 atom stereocenters. The zero-order valence-electron chi connectivity index (χ0n) is 16.8. The van der Waals surface area contributed by atoms with Crippen molar-refractivity contribution in [2.24, 2.45) is 0 Å². The number of amides is 1. The predicted molar refractivity (Wildman–Crippen MR) is 113 cm³/mol. The minimum atomic E-state index is -0.241. The molecule has 5 nitrogen and oxygen atoms in total. The molecule has 1 aromatic heterocycles. The van der Waals surface area contributed by atoms with Gasteiger partial charge in [-0.15, -0.1) is 0 Å². The molecule has 2 N–H and O–H groups in total. The number of carbonyl (C=O) groups is 1. The monoisotopic (exact) mass is 374 g/mol. The Morgan fingerprint density at radius 2 is 1.75 bits per heavy atom. The molecule has 0 aliphatic rings. The lowest BCUT2D eigenvalue weighted by molar-refractivity contribution is 0.0945. The Morgan fingerprint density at radius 1 is 1.00 bits per heavy atom. The Balaban J connectivity index is 1.59. The van der Waals surface area contributed by atoms with Crippen LogP contribution in [0, 0.1) is 6.92 Å². The summed E-state index contributed by atoms with van der Waals surface area (Å²) in [6.07, 6.45) is 3.05. The molecule has 0 saturated carbocycles. The van der Waals surface area contributed by atoms with Gasteiger partial charge in [0.25, 0.3) is 5.91 Å². The second-order valence-corrected chi connectivity index (χ2v) is 7.91. The lowest BCUT2D eigenvalue weighted by Gasteiger charge is -2.19. The maximum atomic E-state index is 12.3. The van der Waals surface area contributed by atoms with Gasteiger partial charge >= 0.3 is 0 Å². The van der Waals surface area contributed by atoms with Gasteiger partial charge in [-0.25, -0.2) is 9.97 Å². The van der Waals surface area contributed by atoms with Gasteiger partial charge in [0.15, 0.2) is 0 Å². The zero-order chi connectivity index (χ0) is 20.1. The minimum Gasteiger partial charge on any atom is -0.347 e. The van der Waals surface area contributed by atoms with Crippen LogP contribution in [0.25, 0.3) is 0 Å². The normalized spacial score (nSPS) is 11.1.